The number of carbonyl (C=O) groups is 3. The highest BCUT2D eigenvalue weighted by Crippen LogP contribution is 2.36. The number of thioether (sulfide) groups is 1. The largest absolute Gasteiger partial charge is 0.535 e. The number of esters is 2. The van der Waals surface area contributed by atoms with Gasteiger partial charge >= 0.3 is 19.1 Å². The Labute approximate surface area is 162 Å². The molecule has 1 aliphatic rings. The summed E-state index contributed by atoms with van der Waals surface area (Å²) in [6, 6.07) is 4.98. The number of benzene rings is 1. The van der Waals surface area contributed by atoms with Gasteiger partial charge in [0.15, 0.2) is 0 Å². The van der Waals surface area contributed by atoms with E-state index in [1.807, 2.05) is 13.2 Å². The molecule has 0 fully saturated rings. The number of ether oxygens (including phenoxy) is 2. The molecule has 0 amide bonds. The number of fused-ring (bicyclic) bond motifs is 1. The van der Waals surface area contributed by atoms with Gasteiger partial charge in [0.05, 0.1) is 5.75 Å². The Kier molecular flexibility index (Phi) is 8.18. The van der Waals surface area contributed by atoms with Crippen molar-refractivity contribution in [1.29, 1.82) is 0 Å². The highest BCUT2D eigenvalue weighted by atomic mass is 32.2. The van der Waals surface area contributed by atoms with Crippen LogP contribution in [0.3, 0.4) is 0 Å². The second kappa shape index (κ2) is 10.4. The summed E-state index contributed by atoms with van der Waals surface area (Å²) in [5, 5.41) is 10.2. The summed E-state index contributed by atoms with van der Waals surface area (Å²) >= 11 is 1.44. The highest BCUT2D eigenvalue weighted by molar-refractivity contribution is 7.99. The number of rotatable bonds is 9. The van der Waals surface area contributed by atoms with Gasteiger partial charge in [-0.05, 0) is 30.7 Å². The fraction of sp³-hybridized carbons (Fsp3) is 0.500. The van der Waals surface area contributed by atoms with E-state index in [1.165, 1.54) is 17.8 Å². The van der Waals surface area contributed by atoms with Crippen LogP contribution in [-0.2, 0) is 25.5 Å². The van der Waals surface area contributed by atoms with Crippen molar-refractivity contribution in [2.45, 2.75) is 38.4 Å². The van der Waals surface area contributed by atoms with Crippen LogP contribution in [0.1, 0.15) is 42.1 Å². The van der Waals surface area contributed by atoms with E-state index in [2.05, 4.69) is 0 Å². The van der Waals surface area contributed by atoms with Crippen LogP contribution in [0.25, 0.3) is 0 Å². The lowest BCUT2D eigenvalue weighted by atomic mass is 9.64. The standard InChI is InChI=1S/C18H23BO7S/c1-3-5-16(21)24-11-25-18(22)15-7-4-6-12-8-13(9-14(20)10-27-2)19(23)26-17(12)15/h4,6-7,13,23H,3,5,8-11H2,1-2H3/t13-/m1/s1. The monoisotopic (exact) mass is 394 g/mol. The van der Waals surface area contributed by atoms with Crippen LogP contribution in [-0.4, -0.2) is 48.7 Å². The maximum atomic E-state index is 12.3. The third kappa shape index (κ3) is 6.00. The van der Waals surface area contributed by atoms with Crippen molar-refractivity contribution in [3.63, 3.8) is 0 Å². The highest BCUT2D eigenvalue weighted by Gasteiger charge is 2.37. The number of para-hydroxylation sites is 1. The fourth-order valence-corrected chi connectivity index (χ4v) is 3.27. The molecule has 0 spiro atoms. The second-order valence-corrected chi connectivity index (χ2v) is 7.12. The maximum Gasteiger partial charge on any atom is 0.526 e. The summed E-state index contributed by atoms with van der Waals surface area (Å²) in [4.78, 5) is 35.4. The van der Waals surface area contributed by atoms with Crippen molar-refractivity contribution in [3.8, 4) is 5.75 Å². The lowest BCUT2D eigenvalue weighted by Gasteiger charge is -2.28. The fourth-order valence-electron chi connectivity index (χ4n) is 2.83. The van der Waals surface area contributed by atoms with Crippen molar-refractivity contribution in [2.24, 2.45) is 0 Å². The zero-order valence-electron chi connectivity index (χ0n) is 15.4. The van der Waals surface area contributed by atoms with Gasteiger partial charge in [-0.2, -0.15) is 11.8 Å². The van der Waals surface area contributed by atoms with Crippen LogP contribution in [0.2, 0.25) is 5.82 Å². The molecule has 7 nitrogen and oxygen atoms in total. The molecule has 1 atom stereocenters. The first-order valence-electron chi connectivity index (χ1n) is 8.76. The Morgan fingerprint density at radius 2 is 2.11 bits per heavy atom. The Bertz CT molecular complexity index is 694. The molecule has 146 valence electrons. The van der Waals surface area contributed by atoms with Crippen molar-refractivity contribution in [2.75, 3.05) is 18.8 Å². The lowest BCUT2D eigenvalue weighted by molar-refractivity contribution is -0.152. The molecule has 1 aliphatic heterocycles. The van der Waals surface area contributed by atoms with E-state index in [0.29, 0.717) is 18.6 Å². The molecule has 0 unspecified atom stereocenters. The molecule has 1 N–H and O–H groups in total. The molecule has 0 radical (unpaired) electrons. The van der Waals surface area contributed by atoms with Gasteiger partial charge in [-0.3, -0.25) is 9.59 Å². The lowest BCUT2D eigenvalue weighted by Crippen LogP contribution is -2.36. The van der Waals surface area contributed by atoms with Crippen LogP contribution in [0, 0.1) is 0 Å². The van der Waals surface area contributed by atoms with Crippen LogP contribution in [0.5, 0.6) is 5.75 Å². The first kappa shape index (κ1) is 21.3. The SMILES string of the molecule is CCCC(=O)OCOC(=O)c1cccc2c1OB(O)[C@@H](CC(=O)CSC)C2. The Morgan fingerprint density at radius 1 is 1.33 bits per heavy atom. The molecule has 1 aromatic rings. The molecule has 0 saturated heterocycles. The summed E-state index contributed by atoms with van der Waals surface area (Å²) in [6.07, 6.45) is 3.38. The van der Waals surface area contributed by atoms with Crippen molar-refractivity contribution < 1.29 is 33.5 Å². The third-order valence-electron chi connectivity index (χ3n) is 4.10. The molecule has 1 aromatic carbocycles. The predicted octanol–water partition coefficient (Wildman–Crippen LogP) is 2.25. The van der Waals surface area contributed by atoms with E-state index < -0.39 is 25.8 Å². The Morgan fingerprint density at radius 3 is 2.81 bits per heavy atom. The number of ketones is 1. The van der Waals surface area contributed by atoms with Crippen molar-refractivity contribution in [1.82, 2.24) is 0 Å². The molecule has 0 aliphatic carbocycles. The first-order valence-corrected chi connectivity index (χ1v) is 10.2. The van der Waals surface area contributed by atoms with Crippen molar-refractivity contribution in [3.05, 3.63) is 29.3 Å². The van der Waals surface area contributed by atoms with E-state index >= 15 is 0 Å². The number of Topliss-reactive ketones (excluding diaryl/α,β-unsaturated/α-hetero) is 1. The molecule has 27 heavy (non-hydrogen) atoms. The smallest absolute Gasteiger partial charge is 0.526 e. The molecule has 9 heteroatoms. The topological polar surface area (TPSA) is 99.1 Å². The van der Waals surface area contributed by atoms with Crippen LogP contribution in [0.4, 0.5) is 0 Å². The predicted molar refractivity (Wildman–Crippen MR) is 102 cm³/mol. The minimum absolute atomic E-state index is 0.0445. The molecular weight excluding hydrogens is 371 g/mol. The quantitative estimate of drug-likeness (QED) is 0.387. The van der Waals surface area contributed by atoms with Gasteiger partial charge in [0.2, 0.25) is 6.79 Å². The van der Waals surface area contributed by atoms with E-state index in [-0.39, 0.29) is 35.8 Å². The van der Waals surface area contributed by atoms with E-state index in [4.69, 9.17) is 14.1 Å². The third-order valence-corrected chi connectivity index (χ3v) is 4.71. The molecule has 2 rings (SSSR count). The molecular formula is C18H23BO7S. The molecule has 1 heterocycles. The summed E-state index contributed by atoms with van der Waals surface area (Å²) < 4.78 is 15.3. The van der Waals surface area contributed by atoms with Gasteiger partial charge in [-0.15, -0.1) is 0 Å². The van der Waals surface area contributed by atoms with Crippen LogP contribution in [0.15, 0.2) is 18.2 Å². The summed E-state index contributed by atoms with van der Waals surface area (Å²) in [5.74, 6) is -0.839. The van der Waals surface area contributed by atoms with Gasteiger partial charge in [0.25, 0.3) is 0 Å². The van der Waals surface area contributed by atoms with Crippen molar-refractivity contribution >= 4 is 36.6 Å². The van der Waals surface area contributed by atoms with Gasteiger partial charge in [-0.25, -0.2) is 4.79 Å². The summed E-state index contributed by atoms with van der Waals surface area (Å²) in [6.45, 7) is 1.36. The van der Waals surface area contributed by atoms with Gasteiger partial charge in [-0.1, -0.05) is 19.1 Å². The van der Waals surface area contributed by atoms with Crippen LogP contribution < -0.4 is 4.65 Å². The molecule has 0 saturated carbocycles. The average molecular weight is 394 g/mol. The number of hydrogen-bond donors (Lipinski definition) is 1. The second-order valence-electron chi connectivity index (χ2n) is 6.26. The zero-order chi connectivity index (χ0) is 19.8. The first-order chi connectivity index (χ1) is 13.0. The van der Waals surface area contributed by atoms with E-state index in [0.717, 1.165) is 5.56 Å². The molecule has 0 bridgehead atoms. The van der Waals surface area contributed by atoms with Gasteiger partial charge < -0.3 is 19.2 Å². The normalized spacial score (nSPS) is 15.5. The number of hydrogen-bond acceptors (Lipinski definition) is 8. The Balaban J connectivity index is 2.03. The maximum absolute atomic E-state index is 12.3. The Hall–Kier alpha value is -2.00. The van der Waals surface area contributed by atoms with Gasteiger partial charge in [0.1, 0.15) is 17.1 Å². The van der Waals surface area contributed by atoms with Crippen LogP contribution >= 0.6 is 11.8 Å². The van der Waals surface area contributed by atoms with E-state index in [9.17, 15) is 19.4 Å². The van der Waals surface area contributed by atoms with Gasteiger partial charge in [0, 0.05) is 18.7 Å². The summed E-state index contributed by atoms with van der Waals surface area (Å²) in [5.41, 5.74) is 0.867. The minimum atomic E-state index is -1.18. The minimum Gasteiger partial charge on any atom is -0.535 e. The summed E-state index contributed by atoms with van der Waals surface area (Å²) in [7, 11) is -1.18. The zero-order valence-corrected chi connectivity index (χ0v) is 16.3. The average Bonchev–Trinajstić information content (AvgIpc) is 2.62. The number of carbonyl (C=O) groups excluding carboxylic acids is 3. The van der Waals surface area contributed by atoms with E-state index in [1.54, 1.807) is 12.1 Å². The molecule has 0 aromatic heterocycles.